The Morgan fingerprint density at radius 2 is 1.83 bits per heavy atom. The molecule has 0 saturated carbocycles. The molecule has 1 aromatic carbocycles. The minimum absolute atomic E-state index is 0.136. The molecule has 0 bridgehead atoms. The zero-order valence-electron chi connectivity index (χ0n) is 12.6. The molecular weight excluding hydrogens is 332 g/mol. The number of anilines is 1. The molecule has 0 aliphatic carbocycles. The van der Waals surface area contributed by atoms with Gasteiger partial charge in [0.1, 0.15) is 6.33 Å². The minimum atomic E-state index is -2.92. The van der Waals surface area contributed by atoms with Crippen LogP contribution in [0.2, 0.25) is 0 Å². The molecule has 0 atom stereocenters. The second kappa shape index (κ2) is 5.67. The van der Waals surface area contributed by atoms with Crippen LogP contribution >= 0.6 is 0 Å². The van der Waals surface area contributed by atoms with E-state index in [0.29, 0.717) is 24.9 Å². The number of aromatic amines is 1. The summed E-state index contributed by atoms with van der Waals surface area (Å²) in [4.78, 5) is 6.33. The summed E-state index contributed by atoms with van der Waals surface area (Å²) in [6.45, 7) is 0.829. The minimum Gasteiger partial charge on any atom is -0.338 e. The molecule has 11 heteroatoms. The van der Waals surface area contributed by atoms with E-state index in [4.69, 9.17) is 0 Å². The first-order chi connectivity index (χ1) is 11.6. The van der Waals surface area contributed by atoms with E-state index in [1.54, 1.807) is 4.68 Å². The number of sulfone groups is 1. The number of benzene rings is 1. The molecule has 1 aliphatic heterocycles. The molecule has 4 rings (SSSR count). The third kappa shape index (κ3) is 2.85. The van der Waals surface area contributed by atoms with Gasteiger partial charge in [0.2, 0.25) is 5.95 Å². The predicted molar refractivity (Wildman–Crippen MR) is 85.4 cm³/mol. The lowest BCUT2D eigenvalue weighted by atomic mass is 10.2. The van der Waals surface area contributed by atoms with Crippen LogP contribution in [-0.2, 0) is 9.84 Å². The number of H-pyrrole nitrogens is 1. The third-order valence-corrected chi connectivity index (χ3v) is 5.46. The highest BCUT2D eigenvalue weighted by Gasteiger charge is 2.24. The molecular formula is C13H14N8O2S. The predicted octanol–water partition coefficient (Wildman–Crippen LogP) is -0.318. The van der Waals surface area contributed by atoms with Crippen LogP contribution in [-0.4, -0.2) is 68.4 Å². The van der Waals surface area contributed by atoms with Crippen LogP contribution in [0.4, 0.5) is 5.95 Å². The maximum absolute atomic E-state index is 11.5. The highest BCUT2D eigenvalue weighted by molar-refractivity contribution is 7.91. The van der Waals surface area contributed by atoms with Gasteiger partial charge in [0.25, 0.3) is 0 Å². The van der Waals surface area contributed by atoms with Crippen LogP contribution in [0.3, 0.4) is 0 Å². The molecule has 10 nitrogen and oxygen atoms in total. The highest BCUT2D eigenvalue weighted by Crippen LogP contribution is 2.20. The molecule has 1 saturated heterocycles. The molecule has 0 unspecified atom stereocenters. The van der Waals surface area contributed by atoms with E-state index in [2.05, 4.69) is 30.7 Å². The summed E-state index contributed by atoms with van der Waals surface area (Å²) < 4.78 is 24.5. The van der Waals surface area contributed by atoms with Crippen LogP contribution in [0.25, 0.3) is 17.1 Å². The zero-order valence-corrected chi connectivity index (χ0v) is 13.4. The van der Waals surface area contributed by atoms with Crippen molar-refractivity contribution in [1.82, 2.24) is 35.4 Å². The molecule has 1 fully saturated rings. The van der Waals surface area contributed by atoms with Gasteiger partial charge in [0.15, 0.2) is 15.7 Å². The van der Waals surface area contributed by atoms with Crippen LogP contribution in [0, 0.1) is 0 Å². The topological polar surface area (TPSA) is 123 Å². The summed E-state index contributed by atoms with van der Waals surface area (Å²) in [6.07, 6.45) is 1.52. The number of hydrogen-bond acceptors (Lipinski definition) is 8. The first-order valence-electron chi connectivity index (χ1n) is 7.32. The summed E-state index contributed by atoms with van der Waals surface area (Å²) in [5, 5.41) is 18.1. The van der Waals surface area contributed by atoms with Gasteiger partial charge in [-0.1, -0.05) is 0 Å². The Labute approximate surface area is 137 Å². The van der Waals surface area contributed by atoms with E-state index in [-0.39, 0.29) is 11.5 Å². The molecule has 0 amide bonds. The van der Waals surface area contributed by atoms with Gasteiger partial charge in [0.05, 0.1) is 17.2 Å². The van der Waals surface area contributed by atoms with E-state index < -0.39 is 9.84 Å². The summed E-state index contributed by atoms with van der Waals surface area (Å²) in [5.41, 5.74) is 1.71. The van der Waals surface area contributed by atoms with Crippen molar-refractivity contribution in [3.8, 4) is 17.1 Å². The third-order valence-electron chi connectivity index (χ3n) is 3.86. The van der Waals surface area contributed by atoms with E-state index in [9.17, 15) is 8.42 Å². The first-order valence-corrected chi connectivity index (χ1v) is 9.14. The Morgan fingerprint density at radius 3 is 2.50 bits per heavy atom. The van der Waals surface area contributed by atoms with Crippen LogP contribution in [0.1, 0.15) is 0 Å². The van der Waals surface area contributed by atoms with Crippen molar-refractivity contribution >= 4 is 15.8 Å². The van der Waals surface area contributed by atoms with Crippen LogP contribution in [0.5, 0.6) is 0 Å². The molecule has 3 heterocycles. The summed E-state index contributed by atoms with van der Waals surface area (Å²) in [6, 6.07) is 7.53. The molecule has 124 valence electrons. The SMILES string of the molecule is O=S1(=O)CCN(c2n[nH]c(-c3ccc(-n4cnnn4)cc3)n2)CC1. The number of nitrogens with zero attached hydrogens (tertiary/aromatic N) is 7. The number of rotatable bonds is 3. The fourth-order valence-corrected chi connectivity index (χ4v) is 3.69. The van der Waals surface area contributed by atoms with Crippen LogP contribution < -0.4 is 4.90 Å². The number of nitrogens with one attached hydrogen (secondary N) is 1. The lowest BCUT2D eigenvalue weighted by Gasteiger charge is -2.25. The molecule has 2 aromatic heterocycles. The average Bonchev–Trinajstić information content (AvgIpc) is 3.27. The molecule has 3 aromatic rings. The second-order valence-corrected chi connectivity index (χ2v) is 7.73. The summed E-state index contributed by atoms with van der Waals surface area (Å²) >= 11 is 0. The van der Waals surface area contributed by atoms with Gasteiger partial charge in [-0.2, -0.15) is 4.98 Å². The van der Waals surface area contributed by atoms with Crippen molar-refractivity contribution in [3.05, 3.63) is 30.6 Å². The normalized spacial score (nSPS) is 17.1. The quantitative estimate of drug-likeness (QED) is 0.685. The average molecular weight is 346 g/mol. The molecule has 1 N–H and O–H groups in total. The van der Waals surface area contributed by atoms with E-state index in [1.165, 1.54) is 6.33 Å². The van der Waals surface area contributed by atoms with Gasteiger partial charge in [-0.05, 0) is 34.7 Å². The van der Waals surface area contributed by atoms with Gasteiger partial charge in [0, 0.05) is 18.7 Å². The Bertz CT molecular complexity index is 919. The van der Waals surface area contributed by atoms with Gasteiger partial charge in [-0.15, -0.1) is 10.2 Å². The standard InChI is InChI=1S/C13H14N8O2S/c22-24(23)7-5-20(6-8-24)13-15-12(16-17-13)10-1-3-11(4-2-10)21-9-14-18-19-21/h1-4,9H,5-8H2,(H,15,16,17). The Balaban J connectivity index is 1.52. The maximum atomic E-state index is 11.5. The van der Waals surface area contributed by atoms with Crippen LogP contribution in [0.15, 0.2) is 30.6 Å². The van der Waals surface area contributed by atoms with Crippen molar-refractivity contribution in [3.63, 3.8) is 0 Å². The largest absolute Gasteiger partial charge is 0.338 e. The maximum Gasteiger partial charge on any atom is 0.245 e. The summed E-state index contributed by atoms with van der Waals surface area (Å²) in [5.74, 6) is 1.42. The molecule has 24 heavy (non-hydrogen) atoms. The highest BCUT2D eigenvalue weighted by atomic mass is 32.2. The van der Waals surface area contributed by atoms with Gasteiger partial charge >= 0.3 is 0 Å². The van der Waals surface area contributed by atoms with E-state index in [1.807, 2.05) is 29.2 Å². The van der Waals surface area contributed by atoms with Gasteiger partial charge in [-0.3, -0.25) is 5.10 Å². The molecule has 0 radical (unpaired) electrons. The number of hydrogen-bond donors (Lipinski definition) is 1. The number of aromatic nitrogens is 7. The second-order valence-electron chi connectivity index (χ2n) is 5.42. The summed E-state index contributed by atoms with van der Waals surface area (Å²) in [7, 11) is -2.92. The molecule has 1 aliphatic rings. The first kappa shape index (κ1) is 14.8. The lowest BCUT2D eigenvalue weighted by Crippen LogP contribution is -2.40. The van der Waals surface area contributed by atoms with Crippen molar-refractivity contribution in [2.24, 2.45) is 0 Å². The number of tetrazole rings is 1. The van der Waals surface area contributed by atoms with Crippen molar-refractivity contribution in [1.29, 1.82) is 0 Å². The smallest absolute Gasteiger partial charge is 0.245 e. The Kier molecular flexibility index (Phi) is 3.49. The van der Waals surface area contributed by atoms with Crippen molar-refractivity contribution in [2.45, 2.75) is 0 Å². The van der Waals surface area contributed by atoms with Gasteiger partial charge in [-0.25, -0.2) is 13.1 Å². The monoisotopic (exact) mass is 346 g/mol. The zero-order chi connectivity index (χ0) is 16.6. The van der Waals surface area contributed by atoms with E-state index >= 15 is 0 Å². The Hall–Kier alpha value is -2.82. The Morgan fingerprint density at radius 1 is 1.08 bits per heavy atom. The van der Waals surface area contributed by atoms with Crippen molar-refractivity contribution in [2.75, 3.05) is 29.5 Å². The molecule has 0 spiro atoms. The van der Waals surface area contributed by atoms with Gasteiger partial charge < -0.3 is 4.90 Å². The van der Waals surface area contributed by atoms with E-state index in [0.717, 1.165) is 11.3 Å². The van der Waals surface area contributed by atoms with Crippen molar-refractivity contribution < 1.29 is 8.42 Å². The lowest BCUT2D eigenvalue weighted by molar-refractivity contribution is 0.585. The fraction of sp³-hybridized carbons (Fsp3) is 0.308. The fourth-order valence-electron chi connectivity index (χ4n) is 2.49.